The van der Waals surface area contributed by atoms with Crippen molar-refractivity contribution in [1.29, 1.82) is 0 Å². The molecule has 4 nitrogen and oxygen atoms in total. The fourth-order valence-corrected chi connectivity index (χ4v) is 1.89. The van der Waals surface area contributed by atoms with E-state index in [-0.39, 0.29) is 24.6 Å². The summed E-state index contributed by atoms with van der Waals surface area (Å²) in [5, 5.41) is 4.92. The number of carbonyl (C=O) groups excluding carboxylic acids is 2. The molecule has 2 rings (SSSR count). The molecule has 22 heavy (non-hydrogen) atoms. The standard InChI is InChI=1S/C17H17FN2O2/c1-12-6-8-13(9-7-12)10-16(21)19-11-17(22)20-15-5-3-2-4-14(15)18/h2-9H,10-11H2,1H3,(H,19,21)(H,20,22). The van der Waals surface area contributed by atoms with E-state index in [1.807, 2.05) is 31.2 Å². The molecule has 2 N–H and O–H groups in total. The van der Waals surface area contributed by atoms with Crippen molar-refractivity contribution in [1.82, 2.24) is 5.32 Å². The van der Waals surface area contributed by atoms with Gasteiger partial charge in [-0.2, -0.15) is 0 Å². The number of hydrogen-bond acceptors (Lipinski definition) is 2. The van der Waals surface area contributed by atoms with E-state index in [0.717, 1.165) is 11.1 Å². The van der Waals surface area contributed by atoms with E-state index in [9.17, 15) is 14.0 Å². The van der Waals surface area contributed by atoms with Gasteiger partial charge < -0.3 is 10.6 Å². The minimum absolute atomic E-state index is 0.0975. The molecular formula is C17H17FN2O2. The second-order valence-electron chi connectivity index (χ2n) is 4.97. The van der Waals surface area contributed by atoms with E-state index >= 15 is 0 Å². The van der Waals surface area contributed by atoms with Crippen LogP contribution in [0.3, 0.4) is 0 Å². The Hall–Kier alpha value is -2.69. The SMILES string of the molecule is Cc1ccc(CC(=O)NCC(=O)Nc2ccccc2F)cc1. The fourth-order valence-electron chi connectivity index (χ4n) is 1.89. The maximum atomic E-state index is 13.4. The lowest BCUT2D eigenvalue weighted by Crippen LogP contribution is -2.33. The van der Waals surface area contributed by atoms with Crippen LogP contribution >= 0.6 is 0 Å². The molecule has 0 spiro atoms. The first-order valence-electron chi connectivity index (χ1n) is 6.91. The summed E-state index contributed by atoms with van der Waals surface area (Å²) in [4.78, 5) is 23.4. The van der Waals surface area contributed by atoms with Crippen LogP contribution in [0, 0.1) is 12.7 Å². The zero-order chi connectivity index (χ0) is 15.9. The smallest absolute Gasteiger partial charge is 0.243 e. The Bertz CT molecular complexity index is 669. The van der Waals surface area contributed by atoms with Crippen molar-refractivity contribution >= 4 is 17.5 Å². The van der Waals surface area contributed by atoms with E-state index in [4.69, 9.17) is 0 Å². The van der Waals surface area contributed by atoms with Gasteiger partial charge in [-0.25, -0.2) is 4.39 Å². The lowest BCUT2D eigenvalue weighted by Gasteiger charge is -2.08. The van der Waals surface area contributed by atoms with Crippen LogP contribution in [0.4, 0.5) is 10.1 Å². The highest BCUT2D eigenvalue weighted by molar-refractivity contribution is 5.94. The third kappa shape index (κ3) is 4.70. The number of halogens is 1. The van der Waals surface area contributed by atoms with Gasteiger partial charge in [0, 0.05) is 0 Å². The number of anilines is 1. The summed E-state index contributed by atoms with van der Waals surface area (Å²) in [6.07, 6.45) is 0.202. The van der Waals surface area contributed by atoms with Crippen LogP contribution in [0.2, 0.25) is 0 Å². The molecule has 2 amide bonds. The number of para-hydroxylation sites is 1. The van der Waals surface area contributed by atoms with Crippen LogP contribution in [0.1, 0.15) is 11.1 Å². The summed E-state index contributed by atoms with van der Waals surface area (Å²) >= 11 is 0. The highest BCUT2D eigenvalue weighted by atomic mass is 19.1. The van der Waals surface area contributed by atoms with E-state index < -0.39 is 11.7 Å². The summed E-state index contributed by atoms with van der Waals surface area (Å²) in [5.74, 6) is -1.24. The third-order valence-corrected chi connectivity index (χ3v) is 3.08. The van der Waals surface area contributed by atoms with Gasteiger partial charge in [0.15, 0.2) is 0 Å². The van der Waals surface area contributed by atoms with Crippen LogP contribution in [-0.2, 0) is 16.0 Å². The third-order valence-electron chi connectivity index (χ3n) is 3.08. The van der Waals surface area contributed by atoms with Crippen LogP contribution in [0.25, 0.3) is 0 Å². The summed E-state index contributed by atoms with van der Waals surface area (Å²) in [7, 11) is 0. The molecule has 114 valence electrons. The normalized spacial score (nSPS) is 10.1. The van der Waals surface area contributed by atoms with E-state index in [1.165, 1.54) is 18.2 Å². The number of hydrogen-bond donors (Lipinski definition) is 2. The molecule has 0 radical (unpaired) electrons. The van der Waals surface area contributed by atoms with Crippen molar-refractivity contribution < 1.29 is 14.0 Å². The Morgan fingerprint density at radius 3 is 2.36 bits per heavy atom. The highest BCUT2D eigenvalue weighted by Gasteiger charge is 2.08. The first kappa shape index (κ1) is 15.7. The Morgan fingerprint density at radius 1 is 1.00 bits per heavy atom. The van der Waals surface area contributed by atoms with Crippen LogP contribution in [-0.4, -0.2) is 18.4 Å². The lowest BCUT2D eigenvalue weighted by molar-refractivity contribution is -0.123. The molecule has 0 aliphatic rings. The van der Waals surface area contributed by atoms with Crippen LogP contribution in [0.15, 0.2) is 48.5 Å². The number of amides is 2. The van der Waals surface area contributed by atoms with Crippen LogP contribution in [0.5, 0.6) is 0 Å². The Morgan fingerprint density at radius 2 is 1.68 bits per heavy atom. The zero-order valence-corrected chi connectivity index (χ0v) is 12.2. The van der Waals surface area contributed by atoms with E-state index in [0.29, 0.717) is 0 Å². The summed E-state index contributed by atoms with van der Waals surface area (Å²) in [6, 6.07) is 13.5. The van der Waals surface area contributed by atoms with Gasteiger partial charge in [-0.05, 0) is 24.6 Å². The number of benzene rings is 2. The quantitative estimate of drug-likeness (QED) is 0.891. The van der Waals surface area contributed by atoms with Crippen molar-refractivity contribution in [2.75, 3.05) is 11.9 Å². The lowest BCUT2D eigenvalue weighted by atomic mass is 10.1. The highest BCUT2D eigenvalue weighted by Crippen LogP contribution is 2.11. The topological polar surface area (TPSA) is 58.2 Å². The minimum atomic E-state index is -0.512. The van der Waals surface area contributed by atoms with Crippen molar-refractivity contribution in [2.24, 2.45) is 0 Å². The average Bonchev–Trinajstić information content (AvgIpc) is 2.50. The van der Waals surface area contributed by atoms with Gasteiger partial charge in [0.25, 0.3) is 0 Å². The van der Waals surface area contributed by atoms with Gasteiger partial charge in [-0.3, -0.25) is 9.59 Å². The zero-order valence-electron chi connectivity index (χ0n) is 12.2. The number of carbonyl (C=O) groups is 2. The van der Waals surface area contributed by atoms with E-state index in [1.54, 1.807) is 6.07 Å². The molecule has 0 atom stereocenters. The Kier molecular flexibility index (Phi) is 5.25. The predicted molar refractivity (Wildman–Crippen MR) is 82.9 cm³/mol. The summed E-state index contributed by atoms with van der Waals surface area (Å²) in [6.45, 7) is 1.77. The second kappa shape index (κ2) is 7.36. The van der Waals surface area contributed by atoms with Crippen molar-refractivity contribution in [3.05, 3.63) is 65.5 Å². The molecule has 2 aromatic rings. The first-order chi connectivity index (χ1) is 10.5. The summed E-state index contributed by atoms with van der Waals surface area (Å²) in [5.41, 5.74) is 2.09. The van der Waals surface area contributed by atoms with Gasteiger partial charge >= 0.3 is 0 Å². The maximum Gasteiger partial charge on any atom is 0.243 e. The first-order valence-corrected chi connectivity index (χ1v) is 6.91. The number of rotatable bonds is 5. The second-order valence-corrected chi connectivity index (χ2v) is 4.97. The molecule has 0 saturated carbocycles. The molecule has 0 unspecified atom stereocenters. The molecule has 0 fully saturated rings. The Labute approximate surface area is 128 Å². The molecule has 0 aliphatic carbocycles. The average molecular weight is 300 g/mol. The maximum absolute atomic E-state index is 13.4. The monoisotopic (exact) mass is 300 g/mol. The number of aryl methyl sites for hydroxylation is 1. The van der Waals surface area contributed by atoms with Gasteiger partial charge in [0.2, 0.25) is 11.8 Å². The van der Waals surface area contributed by atoms with Crippen molar-refractivity contribution in [3.63, 3.8) is 0 Å². The van der Waals surface area contributed by atoms with Gasteiger partial charge in [-0.15, -0.1) is 0 Å². The molecule has 2 aromatic carbocycles. The predicted octanol–water partition coefficient (Wildman–Crippen LogP) is 2.43. The van der Waals surface area contributed by atoms with Crippen molar-refractivity contribution in [2.45, 2.75) is 13.3 Å². The fraction of sp³-hybridized carbons (Fsp3) is 0.176. The summed E-state index contributed by atoms with van der Waals surface area (Å²) < 4.78 is 13.4. The molecule has 0 heterocycles. The largest absolute Gasteiger partial charge is 0.347 e. The van der Waals surface area contributed by atoms with Crippen molar-refractivity contribution in [3.8, 4) is 0 Å². The Balaban J connectivity index is 1.79. The molecule has 0 bridgehead atoms. The molecular weight excluding hydrogens is 283 g/mol. The van der Waals surface area contributed by atoms with E-state index in [2.05, 4.69) is 10.6 Å². The molecule has 5 heteroatoms. The van der Waals surface area contributed by atoms with Gasteiger partial charge in [0.1, 0.15) is 5.82 Å². The van der Waals surface area contributed by atoms with Gasteiger partial charge in [-0.1, -0.05) is 42.0 Å². The van der Waals surface area contributed by atoms with Crippen LogP contribution < -0.4 is 10.6 Å². The minimum Gasteiger partial charge on any atom is -0.347 e. The molecule has 0 saturated heterocycles. The number of nitrogens with one attached hydrogen (secondary N) is 2. The molecule has 0 aliphatic heterocycles. The molecule has 0 aromatic heterocycles. The van der Waals surface area contributed by atoms with Gasteiger partial charge in [0.05, 0.1) is 18.7 Å².